The number of hydrogen-bond acceptors (Lipinski definition) is 8. The number of pyridine rings is 2. The van der Waals surface area contributed by atoms with E-state index in [0.717, 1.165) is 54.8 Å². The summed E-state index contributed by atoms with van der Waals surface area (Å²) in [5.74, 6) is 1.36. The highest BCUT2D eigenvalue weighted by Gasteiger charge is 2.19. The second-order valence-electron chi connectivity index (χ2n) is 9.08. The maximum Gasteiger partial charge on any atom is 0.356 e. The van der Waals surface area contributed by atoms with Crippen LogP contribution in [0.15, 0.2) is 43.0 Å². The number of carbonyl (C=O) groups excluding carboxylic acids is 1. The molecule has 0 unspecified atom stereocenters. The molecular formula is C26H33N7O2. The summed E-state index contributed by atoms with van der Waals surface area (Å²) in [5, 5.41) is 7.01. The molecule has 184 valence electrons. The van der Waals surface area contributed by atoms with Crippen molar-refractivity contribution in [2.75, 3.05) is 43.0 Å². The van der Waals surface area contributed by atoms with E-state index in [0.29, 0.717) is 18.3 Å². The molecule has 0 atom stereocenters. The monoisotopic (exact) mass is 475 g/mol. The lowest BCUT2D eigenvalue weighted by atomic mass is 9.95. The summed E-state index contributed by atoms with van der Waals surface area (Å²) in [4.78, 5) is 28.6. The van der Waals surface area contributed by atoms with Gasteiger partial charge < -0.3 is 20.3 Å². The van der Waals surface area contributed by atoms with E-state index in [-0.39, 0.29) is 0 Å². The lowest BCUT2D eigenvalue weighted by Gasteiger charge is -2.29. The number of anilines is 2. The fourth-order valence-electron chi connectivity index (χ4n) is 4.83. The Morgan fingerprint density at radius 3 is 2.80 bits per heavy atom. The van der Waals surface area contributed by atoms with Crippen molar-refractivity contribution in [3.63, 3.8) is 0 Å². The number of aromatic nitrogens is 4. The van der Waals surface area contributed by atoms with Crippen LogP contribution in [-0.4, -0.2) is 64.3 Å². The number of piperazine rings is 1. The SMILES string of the molecule is CCOC(=O)c1cncn1-c1cc(-c2ccnc(NC3CCCCC3)c2)nc(N2CCNCC2)c1. The molecule has 5 rings (SSSR count). The zero-order valence-electron chi connectivity index (χ0n) is 20.2. The summed E-state index contributed by atoms with van der Waals surface area (Å²) in [6.07, 6.45) is 11.2. The van der Waals surface area contributed by atoms with Crippen molar-refractivity contribution in [3.8, 4) is 16.9 Å². The third kappa shape index (κ3) is 5.45. The highest BCUT2D eigenvalue weighted by Crippen LogP contribution is 2.28. The van der Waals surface area contributed by atoms with Crippen LogP contribution in [0.2, 0.25) is 0 Å². The van der Waals surface area contributed by atoms with E-state index in [4.69, 9.17) is 9.72 Å². The van der Waals surface area contributed by atoms with Crippen molar-refractivity contribution in [1.82, 2.24) is 24.8 Å². The first-order valence-electron chi connectivity index (χ1n) is 12.6. The summed E-state index contributed by atoms with van der Waals surface area (Å²) < 4.78 is 7.02. The van der Waals surface area contributed by atoms with Gasteiger partial charge in [0.2, 0.25) is 0 Å². The molecule has 2 aliphatic rings. The van der Waals surface area contributed by atoms with Gasteiger partial charge in [0.1, 0.15) is 11.6 Å². The molecular weight excluding hydrogens is 442 g/mol. The van der Waals surface area contributed by atoms with Crippen LogP contribution < -0.4 is 15.5 Å². The smallest absolute Gasteiger partial charge is 0.356 e. The van der Waals surface area contributed by atoms with E-state index in [1.165, 1.54) is 32.1 Å². The lowest BCUT2D eigenvalue weighted by Crippen LogP contribution is -2.44. The van der Waals surface area contributed by atoms with E-state index in [9.17, 15) is 4.79 Å². The molecule has 0 bridgehead atoms. The van der Waals surface area contributed by atoms with Crippen molar-refractivity contribution in [3.05, 3.63) is 48.7 Å². The van der Waals surface area contributed by atoms with Gasteiger partial charge in [0.05, 0.1) is 30.5 Å². The Balaban J connectivity index is 1.52. The fourth-order valence-corrected chi connectivity index (χ4v) is 4.83. The van der Waals surface area contributed by atoms with Gasteiger partial charge in [0.25, 0.3) is 0 Å². The van der Waals surface area contributed by atoms with Crippen LogP contribution in [0.25, 0.3) is 16.9 Å². The maximum atomic E-state index is 12.5. The molecule has 2 fully saturated rings. The number of nitrogens with zero attached hydrogens (tertiary/aromatic N) is 5. The highest BCUT2D eigenvalue weighted by atomic mass is 16.5. The van der Waals surface area contributed by atoms with Crippen LogP contribution in [0.4, 0.5) is 11.6 Å². The summed E-state index contributed by atoms with van der Waals surface area (Å²) in [5.41, 5.74) is 3.02. The van der Waals surface area contributed by atoms with E-state index in [2.05, 4.69) is 31.6 Å². The van der Waals surface area contributed by atoms with Gasteiger partial charge in [-0.25, -0.2) is 19.7 Å². The van der Waals surface area contributed by atoms with Gasteiger partial charge >= 0.3 is 5.97 Å². The molecule has 9 nitrogen and oxygen atoms in total. The fraction of sp³-hybridized carbons (Fsp3) is 0.462. The first-order valence-corrected chi connectivity index (χ1v) is 12.6. The zero-order chi connectivity index (χ0) is 24.0. The first kappa shape index (κ1) is 23.3. The Kier molecular flexibility index (Phi) is 7.23. The predicted octanol–water partition coefficient (Wildman–Crippen LogP) is 3.66. The Morgan fingerprint density at radius 1 is 1.17 bits per heavy atom. The number of esters is 1. The summed E-state index contributed by atoms with van der Waals surface area (Å²) in [6.45, 7) is 5.67. The van der Waals surface area contributed by atoms with Gasteiger partial charge in [-0.2, -0.15) is 0 Å². The molecule has 3 aromatic heterocycles. The minimum atomic E-state index is -0.394. The van der Waals surface area contributed by atoms with Crippen LogP contribution in [-0.2, 0) is 4.74 Å². The minimum Gasteiger partial charge on any atom is -0.461 e. The predicted molar refractivity (Wildman–Crippen MR) is 136 cm³/mol. The molecule has 35 heavy (non-hydrogen) atoms. The number of imidazole rings is 1. The molecule has 9 heteroatoms. The van der Waals surface area contributed by atoms with Gasteiger partial charge in [-0.15, -0.1) is 0 Å². The Labute approximate surface area is 205 Å². The highest BCUT2D eigenvalue weighted by molar-refractivity contribution is 5.88. The van der Waals surface area contributed by atoms with Gasteiger partial charge in [-0.3, -0.25) is 4.57 Å². The largest absolute Gasteiger partial charge is 0.461 e. The van der Waals surface area contributed by atoms with E-state index >= 15 is 0 Å². The second kappa shape index (κ2) is 10.9. The summed E-state index contributed by atoms with van der Waals surface area (Å²) in [6, 6.07) is 8.54. The van der Waals surface area contributed by atoms with Gasteiger partial charge in [0, 0.05) is 50.0 Å². The molecule has 1 saturated carbocycles. The molecule has 2 N–H and O–H groups in total. The van der Waals surface area contributed by atoms with Crippen molar-refractivity contribution in [2.45, 2.75) is 45.1 Å². The number of carbonyl (C=O) groups is 1. The Morgan fingerprint density at radius 2 is 2.00 bits per heavy atom. The topological polar surface area (TPSA) is 97.2 Å². The molecule has 3 aromatic rings. The van der Waals surface area contributed by atoms with E-state index in [1.54, 1.807) is 24.0 Å². The third-order valence-electron chi connectivity index (χ3n) is 6.65. The molecule has 0 aromatic carbocycles. The first-order chi connectivity index (χ1) is 17.2. The lowest BCUT2D eigenvalue weighted by molar-refractivity contribution is 0.0517. The average Bonchev–Trinajstić information content (AvgIpc) is 3.40. The van der Waals surface area contributed by atoms with Crippen LogP contribution in [0, 0.1) is 0 Å². The summed E-state index contributed by atoms with van der Waals surface area (Å²) in [7, 11) is 0. The normalized spacial score (nSPS) is 16.8. The van der Waals surface area contributed by atoms with Crippen LogP contribution in [0.3, 0.4) is 0 Å². The van der Waals surface area contributed by atoms with Crippen LogP contribution in [0.1, 0.15) is 49.5 Å². The second-order valence-corrected chi connectivity index (χ2v) is 9.08. The van der Waals surface area contributed by atoms with Crippen molar-refractivity contribution < 1.29 is 9.53 Å². The third-order valence-corrected chi connectivity index (χ3v) is 6.65. The molecule has 1 aliphatic heterocycles. The quantitative estimate of drug-likeness (QED) is 0.500. The van der Waals surface area contributed by atoms with Crippen molar-refractivity contribution >= 4 is 17.6 Å². The van der Waals surface area contributed by atoms with Crippen LogP contribution in [0.5, 0.6) is 0 Å². The number of ether oxygens (including phenoxy) is 1. The molecule has 1 aliphatic carbocycles. The average molecular weight is 476 g/mol. The van der Waals surface area contributed by atoms with E-state index < -0.39 is 5.97 Å². The van der Waals surface area contributed by atoms with Gasteiger partial charge in [-0.1, -0.05) is 19.3 Å². The number of hydrogen-bond donors (Lipinski definition) is 2. The molecule has 4 heterocycles. The molecule has 1 saturated heterocycles. The molecule has 0 radical (unpaired) electrons. The number of rotatable bonds is 7. The van der Waals surface area contributed by atoms with Crippen LogP contribution >= 0.6 is 0 Å². The maximum absolute atomic E-state index is 12.5. The standard InChI is InChI=1S/C26H33N7O2/c1-2-35-26(34)23-17-28-18-33(23)21-15-22(31-25(16-21)32-12-10-27-11-13-32)19-8-9-29-24(14-19)30-20-6-4-3-5-7-20/h8-9,14-18,20,27H,2-7,10-13H2,1H3,(H,29,30). The van der Waals surface area contributed by atoms with Crippen molar-refractivity contribution in [2.24, 2.45) is 0 Å². The number of nitrogens with one attached hydrogen (secondary N) is 2. The zero-order valence-corrected chi connectivity index (χ0v) is 20.2. The van der Waals surface area contributed by atoms with Gasteiger partial charge in [0.15, 0.2) is 5.69 Å². The van der Waals surface area contributed by atoms with E-state index in [1.807, 2.05) is 24.4 Å². The summed E-state index contributed by atoms with van der Waals surface area (Å²) >= 11 is 0. The Hall–Kier alpha value is -3.46. The van der Waals surface area contributed by atoms with Crippen molar-refractivity contribution in [1.29, 1.82) is 0 Å². The Bertz CT molecular complexity index is 1150. The molecule has 0 amide bonds. The minimum absolute atomic E-state index is 0.311. The van der Waals surface area contributed by atoms with Gasteiger partial charge in [-0.05, 0) is 38.0 Å². The molecule has 0 spiro atoms.